The minimum Gasteiger partial charge on any atom is -0.508 e. The van der Waals surface area contributed by atoms with Crippen molar-refractivity contribution in [2.45, 2.75) is 19.8 Å². The number of phenols is 1. The maximum absolute atomic E-state index is 13.2. The molecule has 5 heteroatoms. The van der Waals surface area contributed by atoms with Crippen LogP contribution in [0, 0.1) is 11.7 Å². The molecule has 4 nitrogen and oxygen atoms in total. The van der Waals surface area contributed by atoms with Crippen LogP contribution in [0.25, 0.3) is 0 Å². The monoisotopic (exact) mass is 312 g/mol. The first-order valence-corrected chi connectivity index (χ1v) is 7.47. The van der Waals surface area contributed by atoms with E-state index >= 15 is 0 Å². The number of carbonyl (C=O) groups excluding carboxylic acids is 1. The molecule has 0 aliphatic heterocycles. The van der Waals surface area contributed by atoms with Crippen molar-refractivity contribution < 1.29 is 14.3 Å². The molecule has 0 heterocycles. The summed E-state index contributed by atoms with van der Waals surface area (Å²) in [4.78, 5) is 12.1. The minimum absolute atomic E-state index is 0.223. The van der Waals surface area contributed by atoms with Gasteiger partial charge < -0.3 is 5.11 Å². The Morgan fingerprint density at radius 1 is 1.26 bits per heavy atom. The summed E-state index contributed by atoms with van der Waals surface area (Å²) in [7, 11) is 0. The van der Waals surface area contributed by atoms with E-state index in [2.05, 4.69) is 17.5 Å². The zero-order valence-corrected chi connectivity index (χ0v) is 12.7. The average molecular weight is 312 g/mol. The third-order valence-corrected chi connectivity index (χ3v) is 3.89. The molecule has 0 saturated heterocycles. The number of halogens is 1. The molecular formula is C18H17FN2O2. The Kier molecular flexibility index (Phi) is 4.10. The molecule has 0 bridgehead atoms. The fraction of sp³-hybridized carbons (Fsp3) is 0.222. The Morgan fingerprint density at radius 3 is 2.87 bits per heavy atom. The SMILES string of the molecule is CC1CC(=NNC(=O)c2cccc(F)c2)c2ccc(O)cc2C1. The van der Waals surface area contributed by atoms with E-state index in [0.29, 0.717) is 5.92 Å². The van der Waals surface area contributed by atoms with Gasteiger partial charge in [0.05, 0.1) is 5.71 Å². The van der Waals surface area contributed by atoms with Crippen molar-refractivity contribution in [3.63, 3.8) is 0 Å². The number of hydrogen-bond acceptors (Lipinski definition) is 3. The van der Waals surface area contributed by atoms with E-state index in [4.69, 9.17) is 0 Å². The zero-order chi connectivity index (χ0) is 16.4. The van der Waals surface area contributed by atoms with Gasteiger partial charge in [-0.1, -0.05) is 13.0 Å². The maximum Gasteiger partial charge on any atom is 0.271 e. The fourth-order valence-electron chi connectivity index (χ4n) is 2.84. The predicted molar refractivity (Wildman–Crippen MR) is 86.0 cm³/mol. The molecule has 23 heavy (non-hydrogen) atoms. The fourth-order valence-corrected chi connectivity index (χ4v) is 2.84. The molecule has 2 aromatic rings. The highest BCUT2D eigenvalue weighted by Gasteiger charge is 2.21. The molecule has 0 aromatic heterocycles. The lowest BCUT2D eigenvalue weighted by Crippen LogP contribution is -2.24. The second kappa shape index (κ2) is 6.20. The number of hydrogen-bond donors (Lipinski definition) is 2. The lowest BCUT2D eigenvalue weighted by molar-refractivity contribution is 0.0954. The van der Waals surface area contributed by atoms with Crippen LogP contribution < -0.4 is 5.43 Å². The molecular weight excluding hydrogens is 295 g/mol. The maximum atomic E-state index is 13.2. The third kappa shape index (κ3) is 3.39. The summed E-state index contributed by atoms with van der Waals surface area (Å²) in [5, 5.41) is 13.8. The van der Waals surface area contributed by atoms with Gasteiger partial charge in [-0.3, -0.25) is 4.79 Å². The molecule has 1 aliphatic carbocycles. The number of carbonyl (C=O) groups is 1. The summed E-state index contributed by atoms with van der Waals surface area (Å²) >= 11 is 0. The van der Waals surface area contributed by atoms with Crippen LogP contribution in [-0.2, 0) is 6.42 Å². The lowest BCUT2D eigenvalue weighted by atomic mass is 9.83. The predicted octanol–water partition coefficient (Wildman–Crippen LogP) is 3.25. The molecule has 2 N–H and O–H groups in total. The Balaban J connectivity index is 1.84. The number of phenolic OH excluding ortho intramolecular Hbond substituents is 1. The van der Waals surface area contributed by atoms with Gasteiger partial charge in [-0.2, -0.15) is 5.10 Å². The van der Waals surface area contributed by atoms with Crippen molar-refractivity contribution in [3.05, 3.63) is 65.0 Å². The van der Waals surface area contributed by atoms with Crippen LogP contribution in [0.15, 0.2) is 47.6 Å². The lowest BCUT2D eigenvalue weighted by Gasteiger charge is -2.23. The molecule has 0 spiro atoms. The number of aromatic hydroxyl groups is 1. The summed E-state index contributed by atoms with van der Waals surface area (Å²) < 4.78 is 13.2. The number of fused-ring (bicyclic) bond motifs is 1. The summed E-state index contributed by atoms with van der Waals surface area (Å²) in [6, 6.07) is 10.6. The number of rotatable bonds is 2. The largest absolute Gasteiger partial charge is 0.508 e. The van der Waals surface area contributed by atoms with Crippen molar-refractivity contribution >= 4 is 11.6 Å². The van der Waals surface area contributed by atoms with Gasteiger partial charge in [0.15, 0.2) is 0 Å². The highest BCUT2D eigenvalue weighted by molar-refractivity contribution is 6.04. The van der Waals surface area contributed by atoms with Crippen LogP contribution in [-0.4, -0.2) is 16.7 Å². The van der Waals surface area contributed by atoms with Crippen LogP contribution in [0.5, 0.6) is 5.75 Å². The number of nitrogens with one attached hydrogen (secondary N) is 1. The Labute approximate surface area is 133 Å². The Bertz CT molecular complexity index is 786. The van der Waals surface area contributed by atoms with E-state index in [0.717, 1.165) is 29.7 Å². The number of benzene rings is 2. The number of amides is 1. The van der Waals surface area contributed by atoms with Crippen LogP contribution in [0.3, 0.4) is 0 Å². The first-order valence-electron chi connectivity index (χ1n) is 7.47. The molecule has 0 radical (unpaired) electrons. The van der Waals surface area contributed by atoms with Crippen molar-refractivity contribution in [3.8, 4) is 5.75 Å². The highest BCUT2D eigenvalue weighted by atomic mass is 19.1. The molecule has 0 saturated carbocycles. The van der Waals surface area contributed by atoms with Gasteiger partial charge in [0.2, 0.25) is 0 Å². The van der Waals surface area contributed by atoms with E-state index in [1.165, 1.54) is 24.3 Å². The Morgan fingerprint density at radius 2 is 2.09 bits per heavy atom. The topological polar surface area (TPSA) is 61.7 Å². The first kappa shape index (κ1) is 15.2. The normalized spacial score (nSPS) is 18.5. The van der Waals surface area contributed by atoms with Gasteiger partial charge >= 0.3 is 0 Å². The quantitative estimate of drug-likeness (QED) is 0.836. The van der Waals surface area contributed by atoms with Crippen LogP contribution in [0.4, 0.5) is 4.39 Å². The van der Waals surface area contributed by atoms with E-state index in [1.807, 2.05) is 6.07 Å². The van der Waals surface area contributed by atoms with Crippen LogP contribution in [0.1, 0.15) is 34.8 Å². The van der Waals surface area contributed by atoms with Gasteiger partial charge in [-0.25, -0.2) is 9.82 Å². The molecule has 3 rings (SSSR count). The van der Waals surface area contributed by atoms with E-state index in [9.17, 15) is 14.3 Å². The molecule has 118 valence electrons. The van der Waals surface area contributed by atoms with E-state index in [1.54, 1.807) is 12.1 Å². The molecule has 1 unspecified atom stereocenters. The van der Waals surface area contributed by atoms with Crippen LogP contribution in [0.2, 0.25) is 0 Å². The van der Waals surface area contributed by atoms with Gasteiger partial charge in [0.1, 0.15) is 11.6 Å². The number of nitrogens with zero attached hydrogens (tertiary/aromatic N) is 1. The first-order chi connectivity index (χ1) is 11.0. The molecule has 1 atom stereocenters. The summed E-state index contributed by atoms with van der Waals surface area (Å²) in [6.07, 6.45) is 1.60. The summed E-state index contributed by atoms with van der Waals surface area (Å²) in [5.41, 5.74) is 5.43. The molecule has 1 aliphatic rings. The molecule has 1 amide bonds. The van der Waals surface area contributed by atoms with E-state index in [-0.39, 0.29) is 11.3 Å². The second-order valence-corrected chi connectivity index (χ2v) is 5.86. The van der Waals surface area contributed by atoms with Gasteiger partial charge in [0, 0.05) is 11.1 Å². The number of hydrazone groups is 1. The summed E-state index contributed by atoms with van der Waals surface area (Å²) in [6.45, 7) is 2.09. The smallest absolute Gasteiger partial charge is 0.271 e. The van der Waals surface area contributed by atoms with Crippen molar-refractivity contribution in [1.29, 1.82) is 0 Å². The van der Waals surface area contributed by atoms with Crippen molar-refractivity contribution in [2.75, 3.05) is 0 Å². The van der Waals surface area contributed by atoms with Gasteiger partial charge in [-0.15, -0.1) is 0 Å². The van der Waals surface area contributed by atoms with Crippen LogP contribution >= 0.6 is 0 Å². The van der Waals surface area contributed by atoms with E-state index < -0.39 is 11.7 Å². The van der Waals surface area contributed by atoms with Crippen molar-refractivity contribution in [2.24, 2.45) is 11.0 Å². The van der Waals surface area contributed by atoms with Gasteiger partial charge in [-0.05, 0) is 60.7 Å². The standard InChI is InChI=1S/C18H17FN2O2/c1-11-7-13-10-15(22)5-6-16(13)17(8-11)20-21-18(23)12-3-2-4-14(19)9-12/h2-6,9-11,22H,7-8H2,1H3,(H,21,23). The molecule has 0 fully saturated rings. The average Bonchev–Trinajstić information content (AvgIpc) is 2.51. The van der Waals surface area contributed by atoms with Crippen molar-refractivity contribution in [1.82, 2.24) is 5.43 Å². The second-order valence-electron chi connectivity index (χ2n) is 5.86. The zero-order valence-electron chi connectivity index (χ0n) is 12.7. The van der Waals surface area contributed by atoms with Gasteiger partial charge in [0.25, 0.3) is 5.91 Å². The summed E-state index contributed by atoms with van der Waals surface area (Å²) in [5.74, 6) is -0.317. The highest BCUT2D eigenvalue weighted by Crippen LogP contribution is 2.28. The third-order valence-electron chi connectivity index (χ3n) is 3.89. The molecule has 2 aromatic carbocycles. The minimum atomic E-state index is -0.461. The Hall–Kier alpha value is -2.69.